The van der Waals surface area contributed by atoms with Gasteiger partial charge in [0.15, 0.2) is 5.78 Å². The molecular weight excluding hydrogens is 236 g/mol. The standard InChI is InChI=1S/C17H18O2/c1-4-15(7-5-6-13(2)3)17(19)16-10-8-14(12-18)9-11-16/h4-13H,1H2,2-3H3/b6-5-,15-7+. The summed E-state index contributed by atoms with van der Waals surface area (Å²) in [5.74, 6) is 0.338. The molecule has 0 amide bonds. The first-order valence-electron chi connectivity index (χ1n) is 6.19. The summed E-state index contributed by atoms with van der Waals surface area (Å²) in [6.45, 7) is 7.79. The zero-order valence-electron chi connectivity index (χ0n) is 11.3. The van der Waals surface area contributed by atoms with Gasteiger partial charge in [0.2, 0.25) is 0 Å². The molecule has 0 saturated heterocycles. The lowest BCUT2D eigenvalue weighted by atomic mass is 10.0. The van der Waals surface area contributed by atoms with E-state index in [-0.39, 0.29) is 5.78 Å². The second kappa shape index (κ2) is 7.27. The molecule has 0 bridgehead atoms. The fraction of sp³-hybridized carbons (Fsp3) is 0.176. The van der Waals surface area contributed by atoms with Crippen LogP contribution < -0.4 is 0 Å². The summed E-state index contributed by atoms with van der Waals surface area (Å²) in [6.07, 6.45) is 7.92. The van der Waals surface area contributed by atoms with Gasteiger partial charge < -0.3 is 0 Å². The van der Waals surface area contributed by atoms with E-state index < -0.39 is 0 Å². The van der Waals surface area contributed by atoms with Gasteiger partial charge in [-0.2, -0.15) is 0 Å². The van der Waals surface area contributed by atoms with E-state index >= 15 is 0 Å². The number of hydrogen-bond donors (Lipinski definition) is 0. The minimum Gasteiger partial charge on any atom is -0.298 e. The largest absolute Gasteiger partial charge is 0.298 e. The Balaban J connectivity index is 2.94. The topological polar surface area (TPSA) is 34.1 Å². The number of hydrogen-bond acceptors (Lipinski definition) is 2. The van der Waals surface area contributed by atoms with E-state index in [4.69, 9.17) is 0 Å². The van der Waals surface area contributed by atoms with Gasteiger partial charge in [-0.3, -0.25) is 9.59 Å². The second-order valence-electron chi connectivity index (χ2n) is 4.52. The lowest BCUT2D eigenvalue weighted by Gasteiger charge is -2.01. The molecular formula is C17H18O2. The molecule has 0 saturated carbocycles. The van der Waals surface area contributed by atoms with Crippen molar-refractivity contribution in [2.45, 2.75) is 13.8 Å². The zero-order chi connectivity index (χ0) is 14.3. The Kier molecular flexibility index (Phi) is 5.68. The molecule has 0 aromatic heterocycles. The molecule has 0 aliphatic carbocycles. The van der Waals surface area contributed by atoms with Gasteiger partial charge in [0, 0.05) is 16.7 Å². The highest BCUT2D eigenvalue weighted by atomic mass is 16.1. The smallest absolute Gasteiger partial charge is 0.192 e. The maximum Gasteiger partial charge on any atom is 0.192 e. The predicted molar refractivity (Wildman–Crippen MR) is 78.4 cm³/mol. The van der Waals surface area contributed by atoms with E-state index in [9.17, 15) is 9.59 Å². The molecule has 0 N–H and O–H groups in total. The number of aldehydes is 1. The third kappa shape index (κ3) is 4.51. The summed E-state index contributed by atoms with van der Waals surface area (Å²) in [7, 11) is 0. The molecule has 19 heavy (non-hydrogen) atoms. The summed E-state index contributed by atoms with van der Waals surface area (Å²) in [4.78, 5) is 22.8. The van der Waals surface area contributed by atoms with Crippen molar-refractivity contribution in [2.75, 3.05) is 0 Å². The monoisotopic (exact) mass is 254 g/mol. The molecule has 0 unspecified atom stereocenters. The molecule has 0 atom stereocenters. The molecule has 0 fully saturated rings. The van der Waals surface area contributed by atoms with Crippen molar-refractivity contribution >= 4 is 12.1 Å². The van der Waals surface area contributed by atoms with E-state index in [0.29, 0.717) is 22.6 Å². The van der Waals surface area contributed by atoms with E-state index in [2.05, 4.69) is 20.4 Å². The van der Waals surface area contributed by atoms with Gasteiger partial charge in [0.05, 0.1) is 0 Å². The third-order valence-electron chi connectivity index (χ3n) is 2.56. The van der Waals surface area contributed by atoms with Crippen LogP contribution >= 0.6 is 0 Å². The van der Waals surface area contributed by atoms with Crippen LogP contribution in [0.4, 0.5) is 0 Å². The molecule has 0 aliphatic rings. The number of allylic oxidation sites excluding steroid dienone is 5. The van der Waals surface area contributed by atoms with Crippen molar-refractivity contribution in [3.63, 3.8) is 0 Å². The van der Waals surface area contributed by atoms with Gasteiger partial charge in [-0.15, -0.1) is 0 Å². The highest BCUT2D eigenvalue weighted by Gasteiger charge is 2.08. The number of rotatable bonds is 6. The SMILES string of the molecule is C=C/C(=C\C=C/C(C)C)C(=O)c1ccc(C=O)cc1. The average molecular weight is 254 g/mol. The Morgan fingerprint density at radius 1 is 1.21 bits per heavy atom. The fourth-order valence-electron chi connectivity index (χ4n) is 1.50. The first-order valence-corrected chi connectivity index (χ1v) is 6.19. The van der Waals surface area contributed by atoms with E-state index in [1.165, 1.54) is 0 Å². The number of carbonyl (C=O) groups is 2. The lowest BCUT2D eigenvalue weighted by Crippen LogP contribution is -2.01. The number of Topliss-reactive ketones (excluding diaryl/α,β-unsaturated/α-hetero) is 1. The average Bonchev–Trinajstić information content (AvgIpc) is 2.43. The Hall–Kier alpha value is -2.22. The molecule has 1 rings (SSSR count). The number of carbonyl (C=O) groups excluding carboxylic acids is 2. The Morgan fingerprint density at radius 3 is 2.32 bits per heavy atom. The third-order valence-corrected chi connectivity index (χ3v) is 2.56. The van der Waals surface area contributed by atoms with Crippen molar-refractivity contribution in [1.82, 2.24) is 0 Å². The quantitative estimate of drug-likeness (QED) is 0.333. The first-order chi connectivity index (χ1) is 9.08. The summed E-state index contributed by atoms with van der Waals surface area (Å²) in [5, 5.41) is 0. The van der Waals surface area contributed by atoms with Crippen molar-refractivity contribution in [3.05, 3.63) is 71.8 Å². The molecule has 98 valence electrons. The maximum absolute atomic E-state index is 12.2. The fourth-order valence-corrected chi connectivity index (χ4v) is 1.50. The van der Waals surface area contributed by atoms with Gasteiger partial charge in [0.1, 0.15) is 6.29 Å². The summed E-state index contributed by atoms with van der Waals surface area (Å²) in [5.41, 5.74) is 1.64. The van der Waals surface area contributed by atoms with Gasteiger partial charge in [-0.05, 0) is 5.92 Å². The van der Waals surface area contributed by atoms with Crippen LogP contribution in [0.15, 0.2) is 60.7 Å². The van der Waals surface area contributed by atoms with Gasteiger partial charge in [0.25, 0.3) is 0 Å². The molecule has 2 heteroatoms. The van der Waals surface area contributed by atoms with Crippen LogP contribution in [0.25, 0.3) is 0 Å². The number of ketones is 1. The van der Waals surface area contributed by atoms with E-state index in [1.54, 1.807) is 36.4 Å². The molecule has 0 aliphatic heterocycles. The van der Waals surface area contributed by atoms with Crippen LogP contribution in [0.2, 0.25) is 0 Å². The van der Waals surface area contributed by atoms with Crippen LogP contribution in [-0.2, 0) is 0 Å². The maximum atomic E-state index is 12.2. The van der Waals surface area contributed by atoms with Crippen LogP contribution in [0.5, 0.6) is 0 Å². The van der Waals surface area contributed by atoms with Crippen molar-refractivity contribution < 1.29 is 9.59 Å². The second-order valence-corrected chi connectivity index (χ2v) is 4.52. The van der Waals surface area contributed by atoms with Crippen molar-refractivity contribution in [2.24, 2.45) is 5.92 Å². The van der Waals surface area contributed by atoms with Gasteiger partial charge in [-0.1, -0.05) is 69.0 Å². The van der Waals surface area contributed by atoms with Crippen molar-refractivity contribution in [3.8, 4) is 0 Å². The van der Waals surface area contributed by atoms with Crippen molar-refractivity contribution in [1.29, 1.82) is 0 Å². The molecule has 2 nitrogen and oxygen atoms in total. The molecule has 1 aromatic rings. The highest BCUT2D eigenvalue weighted by molar-refractivity contribution is 6.10. The van der Waals surface area contributed by atoms with Gasteiger partial charge in [-0.25, -0.2) is 0 Å². The van der Waals surface area contributed by atoms with Crippen LogP contribution in [0.3, 0.4) is 0 Å². The Labute approximate surface area is 114 Å². The minimum atomic E-state index is -0.0964. The zero-order valence-corrected chi connectivity index (χ0v) is 11.3. The minimum absolute atomic E-state index is 0.0964. The Morgan fingerprint density at radius 2 is 1.84 bits per heavy atom. The first kappa shape index (κ1) is 14.8. The van der Waals surface area contributed by atoms with E-state index in [0.717, 1.165) is 6.29 Å². The van der Waals surface area contributed by atoms with Crippen LogP contribution in [0, 0.1) is 5.92 Å². The van der Waals surface area contributed by atoms with E-state index in [1.807, 2.05) is 12.2 Å². The highest BCUT2D eigenvalue weighted by Crippen LogP contribution is 2.11. The molecule has 0 spiro atoms. The molecule has 0 radical (unpaired) electrons. The van der Waals surface area contributed by atoms with Crippen LogP contribution in [-0.4, -0.2) is 12.1 Å². The van der Waals surface area contributed by atoms with Gasteiger partial charge >= 0.3 is 0 Å². The molecule has 0 heterocycles. The molecule has 1 aromatic carbocycles. The lowest BCUT2D eigenvalue weighted by molar-refractivity contribution is 0.103. The summed E-state index contributed by atoms with van der Waals surface area (Å²) in [6, 6.07) is 6.56. The van der Waals surface area contributed by atoms with Crippen LogP contribution in [0.1, 0.15) is 34.6 Å². The normalized spacial score (nSPS) is 11.8. The predicted octanol–water partition coefficient (Wildman–Crippen LogP) is 4.01. The summed E-state index contributed by atoms with van der Waals surface area (Å²) < 4.78 is 0. The summed E-state index contributed by atoms with van der Waals surface area (Å²) >= 11 is 0. The number of benzene rings is 1. The Bertz CT molecular complexity index is 517.